The zero-order valence-electron chi connectivity index (χ0n) is 8.82. The highest BCUT2D eigenvalue weighted by atomic mass is 16.6. The zero-order valence-corrected chi connectivity index (χ0v) is 8.82. The second kappa shape index (κ2) is 14.8. The SMILES string of the molecule is C.C.CCNC(=O)OCCOC(=O)NCOC#N. The summed E-state index contributed by atoms with van der Waals surface area (Å²) in [6.07, 6.45) is 0.0465. The van der Waals surface area contributed by atoms with Gasteiger partial charge >= 0.3 is 12.2 Å². The summed E-state index contributed by atoms with van der Waals surface area (Å²) < 4.78 is 13.4. The van der Waals surface area contributed by atoms with Gasteiger partial charge in [0.25, 0.3) is 6.26 Å². The Bertz CT molecular complexity index is 265. The fourth-order valence-corrected chi connectivity index (χ4v) is 0.642. The van der Waals surface area contributed by atoms with Crippen molar-refractivity contribution in [3.63, 3.8) is 0 Å². The Balaban J connectivity index is -0.00000112. The second-order valence-electron chi connectivity index (χ2n) is 2.36. The molecule has 2 N–H and O–H groups in total. The molecule has 0 fully saturated rings. The molecule has 8 nitrogen and oxygen atoms in total. The molecule has 0 aromatic rings. The number of rotatable bonds is 6. The number of nitrogens with one attached hydrogen (secondary N) is 2. The van der Waals surface area contributed by atoms with Gasteiger partial charge in [0.05, 0.1) is 0 Å². The molecule has 0 bridgehead atoms. The lowest BCUT2D eigenvalue weighted by Gasteiger charge is -2.06. The minimum atomic E-state index is -0.755. The van der Waals surface area contributed by atoms with Gasteiger partial charge in [-0.2, -0.15) is 5.26 Å². The van der Waals surface area contributed by atoms with Crippen LogP contribution in [0.4, 0.5) is 9.59 Å². The van der Waals surface area contributed by atoms with E-state index in [1.807, 2.05) is 0 Å². The van der Waals surface area contributed by atoms with Crippen LogP contribution in [-0.2, 0) is 14.2 Å². The van der Waals surface area contributed by atoms with Crippen LogP contribution in [-0.4, -0.2) is 38.7 Å². The lowest BCUT2D eigenvalue weighted by molar-refractivity contribution is 0.0908. The molecule has 0 saturated carbocycles. The number of carbonyl (C=O) groups excluding carboxylic acids is 2. The minimum Gasteiger partial charge on any atom is -0.446 e. The molecule has 0 aliphatic heterocycles. The van der Waals surface area contributed by atoms with Crippen LogP contribution in [0.3, 0.4) is 0 Å². The van der Waals surface area contributed by atoms with Crippen molar-refractivity contribution in [2.45, 2.75) is 21.8 Å². The van der Waals surface area contributed by atoms with E-state index in [4.69, 9.17) is 5.26 Å². The number of nitrogens with zero attached hydrogens (tertiary/aromatic N) is 1. The van der Waals surface area contributed by atoms with Gasteiger partial charge in [-0.3, -0.25) is 5.32 Å². The van der Waals surface area contributed by atoms with E-state index in [0.717, 1.165) is 0 Å². The Morgan fingerprint density at radius 3 is 2.06 bits per heavy atom. The summed E-state index contributed by atoms with van der Waals surface area (Å²) >= 11 is 0. The van der Waals surface area contributed by atoms with Crippen LogP contribution in [0, 0.1) is 11.5 Å². The number of carbonyl (C=O) groups is 2. The first-order chi connectivity index (χ1) is 7.70. The molecule has 0 unspecified atom stereocenters. The first kappa shape index (κ1) is 21.1. The standard InChI is InChI=1S/C8H13N3O5.2CH4/c1-2-10-7(12)15-3-4-16-8(13)11-6-14-5-9;;/h2-4,6H2,1H3,(H,10,12)(H,11,13);2*1H4. The van der Waals surface area contributed by atoms with Crippen LogP contribution in [0.5, 0.6) is 0 Å². The third-order valence-corrected chi connectivity index (χ3v) is 1.22. The van der Waals surface area contributed by atoms with Crippen molar-refractivity contribution in [2.24, 2.45) is 0 Å². The highest BCUT2D eigenvalue weighted by Gasteiger charge is 2.02. The summed E-state index contributed by atoms with van der Waals surface area (Å²) in [5, 5.41) is 12.5. The van der Waals surface area contributed by atoms with Crippen molar-refractivity contribution >= 4 is 12.2 Å². The van der Waals surface area contributed by atoms with E-state index < -0.39 is 12.2 Å². The van der Waals surface area contributed by atoms with Crippen molar-refractivity contribution in [3.05, 3.63) is 0 Å². The number of amides is 2. The van der Waals surface area contributed by atoms with Gasteiger partial charge in [0.2, 0.25) is 0 Å². The molecule has 0 heterocycles. The van der Waals surface area contributed by atoms with E-state index in [2.05, 4.69) is 24.8 Å². The Morgan fingerprint density at radius 2 is 1.61 bits per heavy atom. The molecule has 0 rings (SSSR count). The van der Waals surface area contributed by atoms with E-state index in [1.165, 1.54) is 6.26 Å². The van der Waals surface area contributed by atoms with Gasteiger partial charge in [0, 0.05) is 6.54 Å². The van der Waals surface area contributed by atoms with Crippen molar-refractivity contribution in [2.75, 3.05) is 26.5 Å². The predicted octanol–water partition coefficient (Wildman–Crippen LogP) is 1.19. The quantitative estimate of drug-likeness (QED) is 0.423. The molecular formula is C10H21N3O5. The van der Waals surface area contributed by atoms with Crippen LogP contribution in [0.2, 0.25) is 0 Å². The normalized spacial score (nSPS) is 7.56. The van der Waals surface area contributed by atoms with Crippen LogP contribution in [0.15, 0.2) is 0 Å². The van der Waals surface area contributed by atoms with Crippen LogP contribution < -0.4 is 10.6 Å². The third kappa shape index (κ3) is 13.8. The van der Waals surface area contributed by atoms with Gasteiger partial charge < -0.3 is 19.5 Å². The molecule has 0 spiro atoms. The smallest absolute Gasteiger partial charge is 0.409 e. The Morgan fingerprint density at radius 1 is 1.11 bits per heavy atom. The summed E-state index contributed by atoms with van der Waals surface area (Å²) in [6.45, 7) is 1.84. The molecule has 18 heavy (non-hydrogen) atoms. The van der Waals surface area contributed by atoms with E-state index in [1.54, 1.807) is 6.92 Å². The maximum absolute atomic E-state index is 10.8. The van der Waals surface area contributed by atoms with Gasteiger partial charge in [-0.15, -0.1) is 0 Å². The number of alkyl carbamates (subject to hydrolysis) is 2. The molecule has 0 aliphatic rings. The maximum atomic E-state index is 10.8. The lowest BCUT2D eigenvalue weighted by Crippen LogP contribution is -2.29. The molecule has 0 aromatic carbocycles. The fraction of sp³-hybridized carbons (Fsp3) is 0.700. The van der Waals surface area contributed by atoms with Gasteiger partial charge in [0.1, 0.15) is 13.2 Å². The first-order valence-corrected chi connectivity index (χ1v) is 4.52. The molecular weight excluding hydrogens is 242 g/mol. The monoisotopic (exact) mass is 263 g/mol. The number of hydrogen-bond acceptors (Lipinski definition) is 6. The molecule has 0 atom stereocenters. The van der Waals surface area contributed by atoms with Crippen molar-refractivity contribution in [1.29, 1.82) is 5.26 Å². The summed E-state index contributed by atoms with van der Waals surface area (Å²) in [5.74, 6) is 0. The van der Waals surface area contributed by atoms with Crippen LogP contribution in [0.25, 0.3) is 0 Å². The average Bonchev–Trinajstić information content (AvgIpc) is 2.25. The second-order valence-corrected chi connectivity index (χ2v) is 2.36. The molecule has 106 valence electrons. The summed E-state index contributed by atoms with van der Waals surface area (Å²) in [5.41, 5.74) is 0. The topological polar surface area (TPSA) is 110 Å². The van der Waals surface area contributed by atoms with Gasteiger partial charge in [-0.25, -0.2) is 9.59 Å². The van der Waals surface area contributed by atoms with E-state index in [0.29, 0.717) is 6.54 Å². The highest BCUT2D eigenvalue weighted by molar-refractivity contribution is 5.67. The zero-order chi connectivity index (χ0) is 12.2. The Hall–Kier alpha value is -2.17. The third-order valence-electron chi connectivity index (χ3n) is 1.22. The van der Waals surface area contributed by atoms with E-state index >= 15 is 0 Å². The largest absolute Gasteiger partial charge is 0.446 e. The molecule has 0 aliphatic carbocycles. The van der Waals surface area contributed by atoms with Gasteiger partial charge in [-0.1, -0.05) is 14.9 Å². The van der Waals surface area contributed by atoms with Crippen LogP contribution >= 0.6 is 0 Å². The number of hydrogen-bond donors (Lipinski definition) is 2. The van der Waals surface area contributed by atoms with Crippen molar-refractivity contribution < 1.29 is 23.8 Å². The minimum absolute atomic E-state index is 0. The summed E-state index contributed by atoms with van der Waals surface area (Å²) in [4.78, 5) is 21.6. The molecule has 0 radical (unpaired) electrons. The number of nitriles is 1. The summed E-state index contributed by atoms with van der Waals surface area (Å²) in [6, 6.07) is 0. The number of ether oxygens (including phenoxy) is 3. The van der Waals surface area contributed by atoms with E-state index in [9.17, 15) is 9.59 Å². The van der Waals surface area contributed by atoms with Gasteiger partial charge in [0.15, 0.2) is 6.73 Å². The van der Waals surface area contributed by atoms with Crippen molar-refractivity contribution in [1.82, 2.24) is 10.6 Å². The maximum Gasteiger partial charge on any atom is 0.409 e. The summed E-state index contributed by atoms with van der Waals surface area (Å²) in [7, 11) is 0. The molecule has 8 heteroatoms. The fourth-order valence-electron chi connectivity index (χ4n) is 0.642. The molecule has 0 saturated heterocycles. The highest BCUT2D eigenvalue weighted by Crippen LogP contribution is 1.82. The van der Waals surface area contributed by atoms with Crippen molar-refractivity contribution in [3.8, 4) is 6.26 Å². The van der Waals surface area contributed by atoms with Gasteiger partial charge in [-0.05, 0) is 6.92 Å². The predicted molar refractivity (Wildman–Crippen MR) is 64.5 cm³/mol. The molecule has 0 aromatic heterocycles. The first-order valence-electron chi connectivity index (χ1n) is 4.52. The Labute approximate surface area is 107 Å². The van der Waals surface area contributed by atoms with Crippen LogP contribution in [0.1, 0.15) is 21.8 Å². The van der Waals surface area contributed by atoms with E-state index in [-0.39, 0.29) is 34.8 Å². The lowest BCUT2D eigenvalue weighted by atomic mass is 10.7. The molecule has 2 amide bonds. The average molecular weight is 263 g/mol. The Kier molecular flexibility index (Phi) is 17.4.